The maximum absolute atomic E-state index is 12.9. The molecule has 0 aliphatic carbocycles. The zero-order chi connectivity index (χ0) is 18.9. The lowest BCUT2D eigenvalue weighted by Gasteiger charge is -2.28. The van der Waals surface area contributed by atoms with Gasteiger partial charge in [-0.2, -0.15) is 5.26 Å². The molecule has 2 aromatic rings. The Balaban J connectivity index is 2.10. The van der Waals surface area contributed by atoms with Gasteiger partial charge < -0.3 is 9.64 Å². The van der Waals surface area contributed by atoms with Gasteiger partial charge in [-0.1, -0.05) is 25.5 Å². The Hall–Kier alpha value is -2.80. The normalized spacial score (nSPS) is 11.5. The van der Waals surface area contributed by atoms with Gasteiger partial charge in [0.25, 0.3) is 5.91 Å². The minimum Gasteiger partial charge on any atom is -0.494 e. The summed E-state index contributed by atoms with van der Waals surface area (Å²) in [5.41, 5.74) is 2.28. The number of nitrogens with zero attached hydrogens (tertiary/aromatic N) is 2. The van der Waals surface area contributed by atoms with Crippen LogP contribution in [0.25, 0.3) is 0 Å². The van der Waals surface area contributed by atoms with Crippen molar-refractivity contribution < 1.29 is 9.53 Å². The van der Waals surface area contributed by atoms with Gasteiger partial charge in [0.2, 0.25) is 0 Å². The monoisotopic (exact) mass is 350 g/mol. The van der Waals surface area contributed by atoms with E-state index in [0.29, 0.717) is 24.3 Å². The summed E-state index contributed by atoms with van der Waals surface area (Å²) in [5, 5.41) is 8.93. The zero-order valence-electron chi connectivity index (χ0n) is 15.7. The van der Waals surface area contributed by atoms with E-state index in [0.717, 1.165) is 24.2 Å². The van der Waals surface area contributed by atoms with Crippen LogP contribution < -0.4 is 4.74 Å². The second-order valence-electron chi connectivity index (χ2n) is 6.23. The van der Waals surface area contributed by atoms with Crippen molar-refractivity contribution in [2.75, 3.05) is 13.2 Å². The van der Waals surface area contributed by atoms with Crippen molar-refractivity contribution in [3.63, 3.8) is 0 Å². The van der Waals surface area contributed by atoms with E-state index in [4.69, 9.17) is 10.00 Å². The van der Waals surface area contributed by atoms with Crippen LogP contribution in [0.1, 0.15) is 61.1 Å². The number of ether oxygens (including phenoxy) is 1. The highest BCUT2D eigenvalue weighted by Gasteiger charge is 2.21. The van der Waals surface area contributed by atoms with Crippen molar-refractivity contribution >= 4 is 5.91 Å². The molecular weight excluding hydrogens is 324 g/mol. The maximum Gasteiger partial charge on any atom is 0.254 e. The molecule has 0 bridgehead atoms. The van der Waals surface area contributed by atoms with Crippen LogP contribution in [0.3, 0.4) is 0 Å². The van der Waals surface area contributed by atoms with Gasteiger partial charge in [0.15, 0.2) is 0 Å². The Kier molecular flexibility index (Phi) is 7.23. The topological polar surface area (TPSA) is 53.3 Å². The van der Waals surface area contributed by atoms with E-state index in [9.17, 15) is 4.79 Å². The molecule has 4 nitrogen and oxygen atoms in total. The van der Waals surface area contributed by atoms with Crippen molar-refractivity contribution in [3.8, 4) is 11.8 Å². The summed E-state index contributed by atoms with van der Waals surface area (Å²) in [5.74, 6) is 0.780. The summed E-state index contributed by atoms with van der Waals surface area (Å²) < 4.78 is 5.66. The first-order valence-corrected chi connectivity index (χ1v) is 9.14. The molecule has 1 atom stereocenters. The van der Waals surface area contributed by atoms with E-state index in [2.05, 4.69) is 13.0 Å². The zero-order valence-corrected chi connectivity index (χ0v) is 15.7. The summed E-state index contributed by atoms with van der Waals surface area (Å²) in [7, 11) is 0. The summed E-state index contributed by atoms with van der Waals surface area (Å²) in [4.78, 5) is 14.7. The van der Waals surface area contributed by atoms with Gasteiger partial charge in [-0.15, -0.1) is 0 Å². The van der Waals surface area contributed by atoms with Gasteiger partial charge >= 0.3 is 0 Å². The molecule has 0 aliphatic heterocycles. The second kappa shape index (κ2) is 9.62. The molecule has 0 N–H and O–H groups in total. The summed E-state index contributed by atoms with van der Waals surface area (Å²) in [6.45, 7) is 7.40. The number of nitriles is 1. The van der Waals surface area contributed by atoms with E-state index in [1.165, 1.54) is 0 Å². The highest BCUT2D eigenvalue weighted by atomic mass is 16.5. The molecule has 0 radical (unpaired) electrons. The molecular formula is C22H26N2O2. The molecule has 0 spiro atoms. The molecule has 0 saturated heterocycles. The number of hydrogen-bond acceptors (Lipinski definition) is 3. The Morgan fingerprint density at radius 3 is 2.31 bits per heavy atom. The molecule has 2 aromatic carbocycles. The molecule has 0 fully saturated rings. The van der Waals surface area contributed by atoms with E-state index in [1.54, 1.807) is 12.1 Å². The lowest BCUT2D eigenvalue weighted by Crippen LogP contribution is -2.33. The highest BCUT2D eigenvalue weighted by molar-refractivity contribution is 5.94. The fourth-order valence-corrected chi connectivity index (χ4v) is 2.80. The lowest BCUT2D eigenvalue weighted by molar-refractivity contribution is 0.0702. The van der Waals surface area contributed by atoms with Crippen LogP contribution in [0.4, 0.5) is 0 Å². The van der Waals surface area contributed by atoms with Gasteiger partial charge in [-0.05, 0) is 62.2 Å². The van der Waals surface area contributed by atoms with Gasteiger partial charge in [-0.25, -0.2) is 0 Å². The van der Waals surface area contributed by atoms with Crippen LogP contribution >= 0.6 is 0 Å². The summed E-state index contributed by atoms with van der Waals surface area (Å²) in [6, 6.07) is 16.8. The number of benzene rings is 2. The Labute approximate surface area is 156 Å². The Morgan fingerprint density at radius 2 is 1.77 bits per heavy atom. The average Bonchev–Trinajstić information content (AvgIpc) is 2.69. The number of carbonyl (C=O) groups excluding carboxylic acids is 1. The lowest BCUT2D eigenvalue weighted by atomic mass is 10.0. The van der Waals surface area contributed by atoms with Crippen LogP contribution in [0.15, 0.2) is 48.5 Å². The predicted octanol–water partition coefficient (Wildman–Crippen LogP) is 4.96. The molecule has 1 amide bonds. The van der Waals surface area contributed by atoms with Crippen molar-refractivity contribution in [1.29, 1.82) is 5.26 Å². The largest absolute Gasteiger partial charge is 0.494 e. The second-order valence-corrected chi connectivity index (χ2v) is 6.23. The summed E-state index contributed by atoms with van der Waals surface area (Å²) >= 11 is 0. The molecule has 0 aromatic heterocycles. The number of amides is 1. The van der Waals surface area contributed by atoms with Crippen molar-refractivity contribution in [2.24, 2.45) is 0 Å². The number of unbranched alkanes of at least 4 members (excludes halogenated alkanes) is 1. The number of carbonyl (C=O) groups is 1. The van der Waals surface area contributed by atoms with Crippen molar-refractivity contribution in [1.82, 2.24) is 4.90 Å². The van der Waals surface area contributed by atoms with Gasteiger partial charge in [0.1, 0.15) is 5.75 Å². The maximum atomic E-state index is 12.9. The minimum absolute atomic E-state index is 0.00975. The SMILES string of the molecule is CCCCOc1ccc(C(=O)N(CC)C(C)c2ccc(C#N)cc2)cc1. The first-order chi connectivity index (χ1) is 12.6. The molecule has 0 heterocycles. The molecule has 0 saturated carbocycles. The van der Waals surface area contributed by atoms with Crippen LogP contribution in [-0.2, 0) is 0 Å². The van der Waals surface area contributed by atoms with Gasteiger partial charge in [0.05, 0.1) is 24.3 Å². The Bertz CT molecular complexity index is 745. The van der Waals surface area contributed by atoms with Crippen LogP contribution in [-0.4, -0.2) is 24.0 Å². The standard InChI is InChI=1S/C22H26N2O2/c1-4-6-15-26-21-13-11-20(12-14-21)22(25)24(5-2)17(3)19-9-7-18(16-23)8-10-19/h7-14,17H,4-6,15H2,1-3H3. The molecule has 1 unspecified atom stereocenters. The fraction of sp³-hybridized carbons (Fsp3) is 0.364. The van der Waals surface area contributed by atoms with Gasteiger partial charge in [-0.3, -0.25) is 4.79 Å². The molecule has 0 aliphatic rings. The minimum atomic E-state index is -0.0688. The first-order valence-electron chi connectivity index (χ1n) is 9.14. The van der Waals surface area contributed by atoms with Crippen LogP contribution in [0.2, 0.25) is 0 Å². The predicted molar refractivity (Wildman–Crippen MR) is 103 cm³/mol. The average molecular weight is 350 g/mol. The number of hydrogen-bond donors (Lipinski definition) is 0. The van der Waals surface area contributed by atoms with Crippen molar-refractivity contribution in [2.45, 2.75) is 39.7 Å². The van der Waals surface area contributed by atoms with E-state index >= 15 is 0 Å². The molecule has 4 heteroatoms. The molecule has 26 heavy (non-hydrogen) atoms. The third-order valence-corrected chi connectivity index (χ3v) is 4.46. The first kappa shape index (κ1) is 19.5. The van der Waals surface area contributed by atoms with Crippen LogP contribution in [0.5, 0.6) is 5.75 Å². The van der Waals surface area contributed by atoms with Crippen LogP contribution in [0, 0.1) is 11.3 Å². The quantitative estimate of drug-likeness (QED) is 0.632. The third kappa shape index (κ3) is 4.86. The third-order valence-electron chi connectivity index (χ3n) is 4.46. The smallest absolute Gasteiger partial charge is 0.254 e. The van der Waals surface area contributed by atoms with Gasteiger partial charge in [0, 0.05) is 12.1 Å². The van der Waals surface area contributed by atoms with E-state index in [-0.39, 0.29) is 11.9 Å². The van der Waals surface area contributed by atoms with E-state index in [1.807, 2.05) is 55.1 Å². The fourth-order valence-electron chi connectivity index (χ4n) is 2.80. The molecule has 136 valence electrons. The van der Waals surface area contributed by atoms with E-state index < -0.39 is 0 Å². The Morgan fingerprint density at radius 1 is 1.12 bits per heavy atom. The number of rotatable bonds is 8. The molecule has 2 rings (SSSR count). The summed E-state index contributed by atoms with van der Waals surface area (Å²) in [6.07, 6.45) is 2.11. The highest BCUT2D eigenvalue weighted by Crippen LogP contribution is 2.23. The van der Waals surface area contributed by atoms with Crippen molar-refractivity contribution in [3.05, 3.63) is 65.2 Å².